The van der Waals surface area contributed by atoms with Crippen molar-refractivity contribution in [2.45, 2.75) is 46.1 Å². The van der Waals surface area contributed by atoms with E-state index in [0.29, 0.717) is 35.2 Å². The highest BCUT2D eigenvalue weighted by Crippen LogP contribution is 2.42. The summed E-state index contributed by atoms with van der Waals surface area (Å²) in [6, 6.07) is 12.0. The number of carbonyl (C=O) groups excluding carboxylic acids is 2. The molecule has 1 aliphatic heterocycles. The van der Waals surface area contributed by atoms with Gasteiger partial charge in [-0.25, -0.2) is 0 Å². The van der Waals surface area contributed by atoms with Crippen molar-refractivity contribution < 1.29 is 28.9 Å². The molecule has 0 spiro atoms. The fourth-order valence-corrected chi connectivity index (χ4v) is 4.19. The Hall–Kier alpha value is -3.32. The Balaban J connectivity index is 2.21. The fraction of sp³-hybridized carbons (Fsp3) is 0.448. The number of ketones is 1. The molecule has 1 atom stereocenters. The Morgan fingerprint density at radius 1 is 1.08 bits per heavy atom. The van der Waals surface area contributed by atoms with E-state index in [1.807, 2.05) is 36.4 Å². The number of ether oxygens (including phenoxy) is 3. The van der Waals surface area contributed by atoms with Crippen LogP contribution in [0.2, 0.25) is 0 Å². The number of nitrogens with zero attached hydrogens (tertiary/aromatic N) is 1. The van der Waals surface area contributed by atoms with E-state index < -0.39 is 17.7 Å². The zero-order valence-corrected chi connectivity index (χ0v) is 22.3. The number of benzene rings is 2. The van der Waals surface area contributed by atoms with Gasteiger partial charge in [-0.1, -0.05) is 52.8 Å². The molecule has 0 radical (unpaired) electrons. The monoisotopic (exact) mass is 495 g/mol. The van der Waals surface area contributed by atoms with E-state index in [2.05, 4.69) is 34.6 Å². The van der Waals surface area contributed by atoms with E-state index >= 15 is 0 Å². The normalized spacial score (nSPS) is 17.7. The van der Waals surface area contributed by atoms with E-state index in [1.54, 1.807) is 6.07 Å². The van der Waals surface area contributed by atoms with Gasteiger partial charge in [-0.3, -0.25) is 9.59 Å². The summed E-state index contributed by atoms with van der Waals surface area (Å²) >= 11 is 0. The zero-order chi connectivity index (χ0) is 26.6. The Morgan fingerprint density at radius 3 is 2.42 bits per heavy atom. The van der Waals surface area contributed by atoms with Crippen molar-refractivity contribution in [1.82, 2.24) is 4.90 Å². The predicted molar refractivity (Wildman–Crippen MR) is 139 cm³/mol. The second-order valence-corrected chi connectivity index (χ2v) is 10.4. The van der Waals surface area contributed by atoms with Gasteiger partial charge in [-0.2, -0.15) is 0 Å². The maximum absolute atomic E-state index is 13.3. The van der Waals surface area contributed by atoms with Gasteiger partial charge >= 0.3 is 0 Å². The number of likely N-dealkylation sites (tertiary alicyclic amines) is 1. The van der Waals surface area contributed by atoms with Crippen LogP contribution in [-0.2, 0) is 19.7 Å². The first kappa shape index (κ1) is 27.3. The van der Waals surface area contributed by atoms with Gasteiger partial charge in [0.2, 0.25) is 0 Å². The number of aliphatic hydroxyl groups is 1. The Bertz CT molecular complexity index is 1140. The van der Waals surface area contributed by atoms with Crippen molar-refractivity contribution in [1.29, 1.82) is 0 Å². The van der Waals surface area contributed by atoms with Gasteiger partial charge in [0.25, 0.3) is 11.7 Å². The summed E-state index contributed by atoms with van der Waals surface area (Å²) in [7, 11) is 3.04. The van der Waals surface area contributed by atoms with Crippen LogP contribution < -0.4 is 9.47 Å². The van der Waals surface area contributed by atoms with Crippen molar-refractivity contribution in [2.75, 3.05) is 34.0 Å². The van der Waals surface area contributed by atoms with E-state index in [1.165, 1.54) is 19.1 Å². The van der Waals surface area contributed by atoms with Crippen LogP contribution in [0.25, 0.3) is 5.76 Å². The number of Topliss-reactive ketones (excluding diaryl/α,β-unsaturated/α-hetero) is 1. The zero-order valence-electron chi connectivity index (χ0n) is 22.3. The number of methoxy groups -OCH3 is 2. The molecule has 7 nitrogen and oxygen atoms in total. The first-order valence-electron chi connectivity index (χ1n) is 12.2. The highest BCUT2D eigenvalue weighted by atomic mass is 16.5. The van der Waals surface area contributed by atoms with Crippen LogP contribution in [0.5, 0.6) is 11.5 Å². The molecule has 1 N–H and O–H groups in total. The van der Waals surface area contributed by atoms with Crippen LogP contribution >= 0.6 is 0 Å². The lowest BCUT2D eigenvalue weighted by Gasteiger charge is -2.26. The van der Waals surface area contributed by atoms with E-state index in [-0.39, 0.29) is 29.9 Å². The van der Waals surface area contributed by atoms with Gasteiger partial charge in [0.15, 0.2) is 0 Å². The molecule has 0 bridgehead atoms. The minimum atomic E-state index is -0.800. The third-order valence-electron chi connectivity index (χ3n) is 6.15. The first-order valence-corrected chi connectivity index (χ1v) is 12.2. The lowest BCUT2D eigenvalue weighted by molar-refractivity contribution is -0.140. The van der Waals surface area contributed by atoms with Crippen molar-refractivity contribution >= 4 is 17.4 Å². The largest absolute Gasteiger partial charge is 0.507 e. The summed E-state index contributed by atoms with van der Waals surface area (Å²) in [6.45, 7) is 11.3. The van der Waals surface area contributed by atoms with Gasteiger partial charge in [-0.15, -0.1) is 0 Å². The Labute approximate surface area is 213 Å². The molecule has 7 heteroatoms. The van der Waals surface area contributed by atoms with Gasteiger partial charge < -0.3 is 24.2 Å². The summed E-state index contributed by atoms with van der Waals surface area (Å²) in [6.07, 6.45) is 0. The van der Waals surface area contributed by atoms with Crippen molar-refractivity contribution in [3.63, 3.8) is 0 Å². The van der Waals surface area contributed by atoms with Crippen LogP contribution in [0.15, 0.2) is 48.0 Å². The molecule has 1 fully saturated rings. The van der Waals surface area contributed by atoms with E-state index in [0.717, 1.165) is 5.56 Å². The van der Waals surface area contributed by atoms with Crippen molar-refractivity contribution in [2.24, 2.45) is 5.92 Å². The van der Waals surface area contributed by atoms with Gasteiger partial charge in [0.1, 0.15) is 17.3 Å². The molecule has 1 aliphatic rings. The third-order valence-corrected chi connectivity index (χ3v) is 6.15. The highest BCUT2D eigenvalue weighted by Gasteiger charge is 2.46. The number of aliphatic hydroxyl groups excluding tert-OH is 1. The van der Waals surface area contributed by atoms with Crippen LogP contribution in [0, 0.1) is 5.92 Å². The van der Waals surface area contributed by atoms with Crippen LogP contribution in [0.1, 0.15) is 57.4 Å². The number of hydrogen-bond donors (Lipinski definition) is 1. The standard InChI is InChI=1S/C29H37NO6/c1-18(2)17-36-21-10-8-9-19(15-21)25-24(27(32)28(33)30(25)13-14-34-6)26(31)22-16-20(29(3,4)5)11-12-23(22)35-7/h8-12,15-16,18,25,31H,13-14,17H2,1-7H3/b26-24+. The summed E-state index contributed by atoms with van der Waals surface area (Å²) in [4.78, 5) is 27.9. The van der Waals surface area contributed by atoms with Crippen molar-refractivity contribution in [3.05, 3.63) is 64.7 Å². The molecule has 194 valence electrons. The molecule has 1 saturated heterocycles. The molecule has 0 aliphatic carbocycles. The SMILES string of the molecule is COCCN1C(=O)C(=O)/C(=C(/O)c2cc(C(C)(C)C)ccc2OC)C1c1cccc(OCC(C)C)c1. The van der Waals surface area contributed by atoms with Crippen LogP contribution in [-0.4, -0.2) is 55.7 Å². The second-order valence-electron chi connectivity index (χ2n) is 10.4. The van der Waals surface area contributed by atoms with Gasteiger partial charge in [-0.05, 0) is 46.7 Å². The minimum absolute atomic E-state index is 0.0153. The lowest BCUT2D eigenvalue weighted by atomic mass is 9.85. The van der Waals surface area contributed by atoms with E-state index in [4.69, 9.17) is 14.2 Å². The molecule has 1 heterocycles. The molecule has 1 amide bonds. The summed E-state index contributed by atoms with van der Waals surface area (Å²) in [5.74, 6) is -0.316. The molecule has 3 rings (SSSR count). The predicted octanol–water partition coefficient (Wildman–Crippen LogP) is 5.10. The second kappa shape index (κ2) is 11.2. The Kier molecular flexibility index (Phi) is 8.46. The average molecular weight is 496 g/mol. The summed E-state index contributed by atoms with van der Waals surface area (Å²) < 4.78 is 16.6. The first-order chi connectivity index (χ1) is 17.0. The maximum atomic E-state index is 13.3. The summed E-state index contributed by atoms with van der Waals surface area (Å²) in [5, 5.41) is 11.6. The van der Waals surface area contributed by atoms with Crippen LogP contribution in [0.3, 0.4) is 0 Å². The number of amides is 1. The minimum Gasteiger partial charge on any atom is -0.507 e. The van der Waals surface area contributed by atoms with Crippen LogP contribution in [0.4, 0.5) is 0 Å². The average Bonchev–Trinajstić information content (AvgIpc) is 3.09. The molecule has 2 aromatic carbocycles. The number of rotatable bonds is 9. The fourth-order valence-electron chi connectivity index (χ4n) is 4.19. The molecular formula is C29H37NO6. The van der Waals surface area contributed by atoms with E-state index in [9.17, 15) is 14.7 Å². The molecule has 2 aromatic rings. The molecule has 0 aromatic heterocycles. The third kappa shape index (κ3) is 5.73. The van der Waals surface area contributed by atoms with Crippen molar-refractivity contribution in [3.8, 4) is 11.5 Å². The molecule has 36 heavy (non-hydrogen) atoms. The Morgan fingerprint density at radius 2 is 1.81 bits per heavy atom. The van der Waals surface area contributed by atoms with Gasteiger partial charge in [0, 0.05) is 13.7 Å². The lowest BCUT2D eigenvalue weighted by Crippen LogP contribution is -2.32. The number of hydrogen-bond acceptors (Lipinski definition) is 6. The highest BCUT2D eigenvalue weighted by molar-refractivity contribution is 6.46. The molecule has 0 saturated carbocycles. The summed E-state index contributed by atoms with van der Waals surface area (Å²) in [5.41, 5.74) is 1.81. The quantitative estimate of drug-likeness (QED) is 0.296. The number of carbonyl (C=O) groups is 2. The molecular weight excluding hydrogens is 458 g/mol. The molecule has 1 unspecified atom stereocenters. The maximum Gasteiger partial charge on any atom is 0.295 e. The smallest absolute Gasteiger partial charge is 0.295 e. The van der Waals surface area contributed by atoms with Gasteiger partial charge in [0.05, 0.1) is 37.5 Å². The topological polar surface area (TPSA) is 85.3 Å².